The average Bonchev–Trinajstić information content (AvgIpc) is 3.14. The first-order chi connectivity index (χ1) is 14.7. The molecule has 0 bridgehead atoms. The van der Waals surface area contributed by atoms with E-state index >= 15 is 0 Å². The Labute approximate surface area is 182 Å². The van der Waals surface area contributed by atoms with Crippen molar-refractivity contribution >= 4 is 27.5 Å². The Bertz CT molecular complexity index is 1050. The van der Waals surface area contributed by atoms with Crippen molar-refractivity contribution in [2.45, 2.75) is 24.8 Å². The number of amides is 2. The molecule has 1 saturated heterocycles. The fraction of sp³-hybridized carbons (Fsp3) is 0.364. The van der Waals surface area contributed by atoms with Gasteiger partial charge in [0, 0.05) is 33.6 Å². The lowest BCUT2D eigenvalue weighted by molar-refractivity contribution is -0.126. The maximum Gasteiger partial charge on any atom is 0.242 e. The van der Waals surface area contributed by atoms with E-state index in [4.69, 9.17) is 4.74 Å². The third kappa shape index (κ3) is 5.05. The number of ether oxygens (including phenoxy) is 1. The summed E-state index contributed by atoms with van der Waals surface area (Å²) in [5.74, 6) is -0.178. The van der Waals surface area contributed by atoms with Crippen LogP contribution in [0.15, 0.2) is 53.4 Å². The van der Waals surface area contributed by atoms with Crippen LogP contribution in [0.1, 0.15) is 18.9 Å². The Morgan fingerprint density at radius 3 is 2.48 bits per heavy atom. The molecule has 0 radical (unpaired) electrons. The van der Waals surface area contributed by atoms with Gasteiger partial charge < -0.3 is 15.0 Å². The molecule has 8 nitrogen and oxygen atoms in total. The number of para-hydroxylation sites is 2. The molecule has 1 unspecified atom stereocenters. The minimum absolute atomic E-state index is 0.120. The Morgan fingerprint density at radius 2 is 1.84 bits per heavy atom. The van der Waals surface area contributed by atoms with Gasteiger partial charge in [-0.3, -0.25) is 9.59 Å². The molecule has 0 spiro atoms. The fourth-order valence-electron chi connectivity index (χ4n) is 3.40. The maximum absolute atomic E-state index is 12.6. The smallest absolute Gasteiger partial charge is 0.242 e. The molecule has 2 aromatic rings. The van der Waals surface area contributed by atoms with E-state index in [1.54, 1.807) is 23.1 Å². The normalized spacial score (nSPS) is 16.6. The zero-order chi connectivity index (χ0) is 22.6. The van der Waals surface area contributed by atoms with E-state index in [1.807, 2.05) is 25.1 Å². The summed E-state index contributed by atoms with van der Waals surface area (Å²) < 4.78 is 31.0. The van der Waals surface area contributed by atoms with Gasteiger partial charge in [0.15, 0.2) is 0 Å². The number of benzene rings is 2. The molecule has 0 aliphatic carbocycles. The maximum atomic E-state index is 12.6. The van der Waals surface area contributed by atoms with Gasteiger partial charge in [-0.2, -0.15) is 0 Å². The molecule has 2 amide bonds. The van der Waals surface area contributed by atoms with Crippen molar-refractivity contribution in [1.29, 1.82) is 0 Å². The lowest BCUT2D eigenvalue weighted by Crippen LogP contribution is -2.32. The van der Waals surface area contributed by atoms with E-state index < -0.39 is 15.9 Å². The van der Waals surface area contributed by atoms with Crippen LogP contribution < -0.4 is 15.0 Å². The van der Waals surface area contributed by atoms with Crippen molar-refractivity contribution in [3.63, 3.8) is 0 Å². The Morgan fingerprint density at radius 1 is 1.16 bits per heavy atom. The molecule has 1 fully saturated rings. The molecular weight excluding hydrogens is 418 g/mol. The monoisotopic (exact) mass is 445 g/mol. The number of rotatable bonds is 8. The molecule has 1 N–H and O–H groups in total. The first kappa shape index (κ1) is 22.8. The summed E-state index contributed by atoms with van der Waals surface area (Å²) in [4.78, 5) is 27.0. The molecule has 1 aliphatic rings. The van der Waals surface area contributed by atoms with Crippen LogP contribution in [-0.4, -0.2) is 51.8 Å². The fourth-order valence-corrected chi connectivity index (χ4v) is 4.30. The van der Waals surface area contributed by atoms with E-state index in [1.165, 1.54) is 26.2 Å². The van der Waals surface area contributed by atoms with Crippen molar-refractivity contribution in [2.75, 3.05) is 32.1 Å². The van der Waals surface area contributed by atoms with Crippen LogP contribution in [0.3, 0.4) is 0 Å². The number of nitrogens with zero attached hydrogens (tertiary/aromatic N) is 2. The van der Waals surface area contributed by atoms with Gasteiger partial charge in [0.2, 0.25) is 21.8 Å². The molecule has 9 heteroatoms. The summed E-state index contributed by atoms with van der Waals surface area (Å²) in [5, 5.41) is 2.85. The van der Waals surface area contributed by atoms with Crippen LogP contribution in [-0.2, 0) is 26.2 Å². The lowest BCUT2D eigenvalue weighted by atomic mass is 10.1. The lowest BCUT2D eigenvalue weighted by Gasteiger charge is -2.20. The second kappa shape index (κ2) is 9.49. The van der Waals surface area contributed by atoms with Crippen molar-refractivity contribution in [3.8, 4) is 5.75 Å². The second-order valence-electron chi connectivity index (χ2n) is 7.46. The van der Waals surface area contributed by atoms with E-state index in [2.05, 4.69) is 5.32 Å². The van der Waals surface area contributed by atoms with Crippen LogP contribution in [0.25, 0.3) is 0 Å². The number of hydrogen-bond acceptors (Lipinski definition) is 5. The SMILES string of the molecule is CCOc1ccccc1N1CC(C(=O)NCc2ccc(S(=O)(=O)N(C)C)cc2)CC1=O. The number of nitrogens with one attached hydrogen (secondary N) is 1. The van der Waals surface area contributed by atoms with Crippen LogP contribution in [0, 0.1) is 5.92 Å². The minimum atomic E-state index is -3.49. The van der Waals surface area contributed by atoms with Gasteiger partial charge in [-0.05, 0) is 36.8 Å². The van der Waals surface area contributed by atoms with E-state index in [0.29, 0.717) is 18.0 Å². The molecule has 1 atom stereocenters. The molecule has 1 heterocycles. The third-order valence-corrected chi connectivity index (χ3v) is 6.95. The third-order valence-electron chi connectivity index (χ3n) is 5.12. The largest absolute Gasteiger partial charge is 0.492 e. The summed E-state index contributed by atoms with van der Waals surface area (Å²) in [6, 6.07) is 13.7. The van der Waals surface area contributed by atoms with Gasteiger partial charge in [-0.15, -0.1) is 0 Å². The summed E-state index contributed by atoms with van der Waals surface area (Å²) >= 11 is 0. The van der Waals surface area contributed by atoms with Crippen molar-refractivity contribution < 1.29 is 22.7 Å². The Kier molecular flexibility index (Phi) is 6.97. The Balaban J connectivity index is 1.62. The molecule has 31 heavy (non-hydrogen) atoms. The summed E-state index contributed by atoms with van der Waals surface area (Å²) in [6.45, 7) is 2.90. The average molecular weight is 446 g/mol. The van der Waals surface area contributed by atoms with Crippen LogP contribution >= 0.6 is 0 Å². The summed E-state index contributed by atoms with van der Waals surface area (Å²) in [5.41, 5.74) is 1.44. The highest BCUT2D eigenvalue weighted by atomic mass is 32.2. The predicted octanol–water partition coefficient (Wildman–Crippen LogP) is 2.00. The minimum Gasteiger partial charge on any atom is -0.492 e. The molecule has 1 aliphatic heterocycles. The highest BCUT2D eigenvalue weighted by Gasteiger charge is 2.36. The first-order valence-corrected chi connectivity index (χ1v) is 11.5. The van der Waals surface area contributed by atoms with Gasteiger partial charge in [0.25, 0.3) is 0 Å². The topological polar surface area (TPSA) is 96.0 Å². The highest BCUT2D eigenvalue weighted by Crippen LogP contribution is 2.33. The molecule has 0 aromatic heterocycles. The second-order valence-corrected chi connectivity index (χ2v) is 9.61. The standard InChI is InChI=1S/C22H27N3O5S/c1-4-30-20-8-6-5-7-19(20)25-15-17(13-21(25)26)22(27)23-14-16-9-11-18(12-10-16)31(28,29)24(2)3/h5-12,17H,4,13-15H2,1-3H3,(H,23,27). The van der Waals surface area contributed by atoms with Crippen LogP contribution in [0.4, 0.5) is 5.69 Å². The number of anilines is 1. The number of sulfonamides is 1. The van der Waals surface area contributed by atoms with Gasteiger partial charge in [0.1, 0.15) is 5.75 Å². The van der Waals surface area contributed by atoms with Gasteiger partial charge in [-0.1, -0.05) is 24.3 Å². The molecule has 3 rings (SSSR count). The summed E-state index contributed by atoms with van der Waals surface area (Å²) in [7, 11) is -0.542. The van der Waals surface area contributed by atoms with Crippen molar-refractivity contribution in [2.24, 2.45) is 5.92 Å². The summed E-state index contributed by atoms with van der Waals surface area (Å²) in [6.07, 6.45) is 0.131. The van der Waals surface area contributed by atoms with Gasteiger partial charge >= 0.3 is 0 Å². The number of carbonyl (C=O) groups excluding carboxylic acids is 2. The van der Waals surface area contributed by atoms with E-state index in [-0.39, 0.29) is 36.2 Å². The zero-order valence-corrected chi connectivity index (χ0v) is 18.7. The van der Waals surface area contributed by atoms with Crippen LogP contribution in [0.5, 0.6) is 5.75 Å². The van der Waals surface area contributed by atoms with Gasteiger partial charge in [-0.25, -0.2) is 12.7 Å². The molecule has 2 aromatic carbocycles. The first-order valence-electron chi connectivity index (χ1n) is 10.1. The molecule has 0 saturated carbocycles. The molecule has 166 valence electrons. The predicted molar refractivity (Wildman–Crippen MR) is 117 cm³/mol. The van der Waals surface area contributed by atoms with Crippen LogP contribution in [0.2, 0.25) is 0 Å². The number of carbonyl (C=O) groups is 2. The zero-order valence-electron chi connectivity index (χ0n) is 17.9. The molecular formula is C22H27N3O5S. The quantitative estimate of drug-likeness (QED) is 0.671. The van der Waals surface area contributed by atoms with Crippen molar-refractivity contribution in [3.05, 3.63) is 54.1 Å². The Hall–Kier alpha value is -2.91. The van der Waals surface area contributed by atoms with E-state index in [0.717, 1.165) is 9.87 Å². The highest BCUT2D eigenvalue weighted by molar-refractivity contribution is 7.89. The van der Waals surface area contributed by atoms with Crippen molar-refractivity contribution in [1.82, 2.24) is 9.62 Å². The van der Waals surface area contributed by atoms with Gasteiger partial charge in [0.05, 0.1) is 23.1 Å². The van der Waals surface area contributed by atoms with E-state index in [9.17, 15) is 18.0 Å². The number of hydrogen-bond donors (Lipinski definition) is 1.